The highest BCUT2D eigenvalue weighted by atomic mass is 16.6. The van der Waals surface area contributed by atoms with Crippen molar-refractivity contribution < 1.29 is 19.4 Å². The van der Waals surface area contributed by atoms with Crippen LogP contribution < -0.4 is 4.74 Å². The van der Waals surface area contributed by atoms with Crippen molar-refractivity contribution in [2.45, 2.75) is 12.0 Å². The van der Waals surface area contributed by atoms with Crippen molar-refractivity contribution in [2.75, 3.05) is 6.61 Å². The van der Waals surface area contributed by atoms with Gasteiger partial charge in [-0.2, -0.15) is 0 Å². The van der Waals surface area contributed by atoms with Gasteiger partial charge < -0.3 is 14.6 Å². The van der Waals surface area contributed by atoms with E-state index in [1.807, 2.05) is 72.8 Å². The molecule has 0 radical (unpaired) electrons. The average molecular weight is 346 g/mol. The van der Waals surface area contributed by atoms with Gasteiger partial charge in [-0.3, -0.25) is 0 Å². The molecule has 1 heterocycles. The van der Waals surface area contributed by atoms with Gasteiger partial charge in [-0.25, -0.2) is 4.79 Å². The molecule has 1 N–H and O–H groups in total. The molecule has 0 aliphatic carbocycles. The molecular weight excluding hydrogens is 328 g/mol. The number of hydrogen-bond donors (Lipinski definition) is 1. The highest BCUT2D eigenvalue weighted by molar-refractivity contribution is 5.88. The molecule has 4 rings (SSSR count). The predicted octanol–water partition coefficient (Wildman–Crippen LogP) is 4.50. The van der Waals surface area contributed by atoms with Gasteiger partial charge in [0.15, 0.2) is 5.60 Å². The second-order valence-electron chi connectivity index (χ2n) is 6.36. The summed E-state index contributed by atoms with van der Waals surface area (Å²) in [5, 5.41) is 12.1. The lowest BCUT2D eigenvalue weighted by Crippen LogP contribution is -2.41. The van der Waals surface area contributed by atoms with E-state index >= 15 is 0 Å². The Morgan fingerprint density at radius 2 is 1.69 bits per heavy atom. The SMILES string of the molecule is O=C1C=C(O)CC(COc2cccc3ccccc23)(c2ccccc2)O1. The molecular formula is C22H18O4. The quantitative estimate of drug-likeness (QED) is 0.707. The maximum absolute atomic E-state index is 12.0. The Kier molecular flexibility index (Phi) is 4.09. The summed E-state index contributed by atoms with van der Waals surface area (Å²) < 4.78 is 11.8. The number of esters is 1. The standard InChI is InChI=1S/C22H18O4/c23-18-13-21(24)26-22(14-18,17-9-2-1-3-10-17)15-25-20-12-6-8-16-7-4-5-11-19(16)20/h1-13,23H,14-15H2. The van der Waals surface area contributed by atoms with Crippen molar-refractivity contribution in [3.63, 3.8) is 0 Å². The van der Waals surface area contributed by atoms with Crippen LogP contribution in [0.4, 0.5) is 0 Å². The Balaban J connectivity index is 1.70. The fourth-order valence-corrected chi connectivity index (χ4v) is 3.32. The normalized spacial score (nSPS) is 19.7. The average Bonchev–Trinajstić information content (AvgIpc) is 2.66. The number of carbonyl (C=O) groups is 1. The van der Waals surface area contributed by atoms with E-state index < -0.39 is 11.6 Å². The molecule has 1 aliphatic rings. The zero-order chi connectivity index (χ0) is 18.0. The van der Waals surface area contributed by atoms with Gasteiger partial charge in [-0.05, 0) is 17.0 Å². The number of ether oxygens (including phenoxy) is 2. The van der Waals surface area contributed by atoms with Crippen LogP contribution in [0.3, 0.4) is 0 Å². The molecule has 3 aromatic rings. The van der Waals surface area contributed by atoms with E-state index in [-0.39, 0.29) is 18.8 Å². The van der Waals surface area contributed by atoms with Crippen LogP contribution in [0.15, 0.2) is 84.6 Å². The maximum atomic E-state index is 12.0. The summed E-state index contributed by atoms with van der Waals surface area (Å²) in [6.07, 6.45) is 1.28. The molecule has 4 heteroatoms. The monoisotopic (exact) mass is 346 g/mol. The van der Waals surface area contributed by atoms with Gasteiger partial charge in [0.05, 0.1) is 12.5 Å². The van der Waals surface area contributed by atoms with E-state index in [0.717, 1.165) is 22.4 Å². The van der Waals surface area contributed by atoms with Crippen molar-refractivity contribution in [1.82, 2.24) is 0 Å². The molecule has 4 nitrogen and oxygen atoms in total. The zero-order valence-corrected chi connectivity index (χ0v) is 14.1. The summed E-state index contributed by atoms with van der Waals surface area (Å²) in [5.74, 6) is 0.134. The predicted molar refractivity (Wildman–Crippen MR) is 99.0 cm³/mol. The van der Waals surface area contributed by atoms with Gasteiger partial charge in [0.1, 0.15) is 18.1 Å². The summed E-state index contributed by atoms with van der Waals surface area (Å²) in [6, 6.07) is 23.2. The Hall–Kier alpha value is -3.27. The number of rotatable bonds is 4. The number of hydrogen-bond acceptors (Lipinski definition) is 4. The Labute approximate surface area is 151 Å². The molecule has 1 atom stereocenters. The van der Waals surface area contributed by atoms with E-state index in [1.165, 1.54) is 0 Å². The van der Waals surface area contributed by atoms with E-state index in [1.54, 1.807) is 0 Å². The minimum atomic E-state index is -1.06. The third-order valence-corrected chi connectivity index (χ3v) is 4.56. The molecule has 0 fully saturated rings. The van der Waals surface area contributed by atoms with Crippen LogP contribution in [0.2, 0.25) is 0 Å². The van der Waals surface area contributed by atoms with Crippen LogP contribution in [-0.4, -0.2) is 17.7 Å². The van der Waals surface area contributed by atoms with Crippen LogP contribution in [0.25, 0.3) is 10.8 Å². The van der Waals surface area contributed by atoms with Gasteiger partial charge in [0.2, 0.25) is 0 Å². The summed E-state index contributed by atoms with van der Waals surface area (Å²) in [5.41, 5.74) is -0.276. The molecule has 3 aromatic carbocycles. The fourth-order valence-electron chi connectivity index (χ4n) is 3.32. The number of benzene rings is 3. The Morgan fingerprint density at radius 1 is 0.962 bits per heavy atom. The van der Waals surface area contributed by atoms with Crippen molar-refractivity contribution in [3.8, 4) is 5.75 Å². The van der Waals surface area contributed by atoms with Gasteiger partial charge in [0.25, 0.3) is 0 Å². The number of fused-ring (bicyclic) bond motifs is 1. The molecule has 0 spiro atoms. The second kappa shape index (κ2) is 6.56. The lowest BCUT2D eigenvalue weighted by atomic mass is 9.88. The van der Waals surface area contributed by atoms with Crippen LogP contribution in [-0.2, 0) is 15.1 Å². The molecule has 0 bridgehead atoms. The van der Waals surface area contributed by atoms with E-state index in [2.05, 4.69) is 0 Å². The number of carbonyl (C=O) groups excluding carboxylic acids is 1. The highest BCUT2D eigenvalue weighted by Gasteiger charge is 2.41. The summed E-state index contributed by atoms with van der Waals surface area (Å²) in [7, 11) is 0. The van der Waals surface area contributed by atoms with Gasteiger partial charge >= 0.3 is 5.97 Å². The number of aliphatic hydroxyl groups is 1. The fraction of sp³-hybridized carbons (Fsp3) is 0.136. The van der Waals surface area contributed by atoms with Gasteiger partial charge in [-0.1, -0.05) is 66.7 Å². The Bertz CT molecular complexity index is 972. The van der Waals surface area contributed by atoms with Crippen LogP contribution in [0.1, 0.15) is 12.0 Å². The summed E-state index contributed by atoms with van der Waals surface area (Å²) in [4.78, 5) is 12.0. The minimum absolute atomic E-state index is 0.00776. The first-order chi connectivity index (χ1) is 12.7. The lowest BCUT2D eigenvalue weighted by molar-refractivity contribution is -0.162. The minimum Gasteiger partial charge on any atom is -0.512 e. The first kappa shape index (κ1) is 16.2. The van der Waals surface area contributed by atoms with Crippen LogP contribution >= 0.6 is 0 Å². The van der Waals surface area contributed by atoms with Crippen molar-refractivity contribution in [1.29, 1.82) is 0 Å². The molecule has 0 amide bonds. The van der Waals surface area contributed by atoms with Crippen molar-refractivity contribution in [3.05, 3.63) is 90.2 Å². The first-order valence-electron chi connectivity index (χ1n) is 8.45. The second-order valence-corrected chi connectivity index (χ2v) is 6.36. The van der Waals surface area contributed by atoms with Crippen molar-refractivity contribution in [2.24, 2.45) is 0 Å². The van der Waals surface area contributed by atoms with Crippen LogP contribution in [0.5, 0.6) is 5.75 Å². The summed E-state index contributed by atoms with van der Waals surface area (Å²) >= 11 is 0. The maximum Gasteiger partial charge on any atom is 0.335 e. The smallest absolute Gasteiger partial charge is 0.335 e. The van der Waals surface area contributed by atoms with Gasteiger partial charge in [0, 0.05) is 5.39 Å². The van der Waals surface area contributed by atoms with E-state index in [4.69, 9.17) is 9.47 Å². The van der Waals surface area contributed by atoms with E-state index in [0.29, 0.717) is 5.75 Å². The number of cyclic esters (lactones) is 1. The third-order valence-electron chi connectivity index (χ3n) is 4.56. The molecule has 1 unspecified atom stereocenters. The first-order valence-corrected chi connectivity index (χ1v) is 8.45. The Morgan fingerprint density at radius 3 is 2.50 bits per heavy atom. The van der Waals surface area contributed by atoms with Crippen molar-refractivity contribution >= 4 is 16.7 Å². The molecule has 0 aromatic heterocycles. The molecule has 0 saturated carbocycles. The largest absolute Gasteiger partial charge is 0.512 e. The zero-order valence-electron chi connectivity index (χ0n) is 14.1. The lowest BCUT2D eigenvalue weighted by Gasteiger charge is -2.35. The topological polar surface area (TPSA) is 55.8 Å². The van der Waals surface area contributed by atoms with Gasteiger partial charge in [-0.15, -0.1) is 0 Å². The van der Waals surface area contributed by atoms with E-state index in [9.17, 15) is 9.90 Å². The molecule has 1 aliphatic heterocycles. The molecule has 130 valence electrons. The number of aliphatic hydroxyl groups excluding tert-OH is 1. The molecule has 0 saturated heterocycles. The highest BCUT2D eigenvalue weighted by Crippen LogP contribution is 2.37. The van der Waals surface area contributed by atoms with Crippen LogP contribution in [0, 0.1) is 0 Å². The third kappa shape index (κ3) is 3.02. The molecule has 26 heavy (non-hydrogen) atoms. The summed E-state index contributed by atoms with van der Waals surface area (Å²) in [6.45, 7) is 0.106.